The lowest BCUT2D eigenvalue weighted by Crippen LogP contribution is -2.29. The Morgan fingerprint density at radius 3 is 2.43 bits per heavy atom. The summed E-state index contributed by atoms with van der Waals surface area (Å²) in [6, 6.07) is 20.0. The molecule has 0 aliphatic carbocycles. The number of carbonyl (C=O) groups is 3. The molecule has 0 bridgehead atoms. The molecule has 3 aromatic carbocycles. The molecule has 1 amide bonds. The first-order valence-electron chi connectivity index (χ1n) is 11.4. The molecule has 7 heteroatoms. The number of carbonyl (C=O) groups excluding carboxylic acids is 2. The van der Waals surface area contributed by atoms with E-state index < -0.39 is 23.7 Å². The lowest BCUT2D eigenvalue weighted by molar-refractivity contribution is -0.136. The van der Waals surface area contributed by atoms with Crippen LogP contribution in [0.1, 0.15) is 34.7 Å². The quantitative estimate of drug-likeness (QED) is 0.329. The number of hydrogen-bond acceptors (Lipinski definition) is 5. The van der Waals surface area contributed by atoms with Crippen LogP contribution in [0.25, 0.3) is 5.76 Å². The standard InChI is InChI=1S/C28H23NO6/c30-23(31)15-17-8-11-21(12-9-17)29-25(18-5-2-1-3-6-18)24(27(33)28(29)34)26(32)20-10-13-22-19(16-20)7-4-14-35-22/h1-3,5-6,8-13,16,25,32H,4,7,14-15H2,(H,30,31)/b26-24-. The molecule has 35 heavy (non-hydrogen) atoms. The summed E-state index contributed by atoms with van der Waals surface area (Å²) >= 11 is 0. The smallest absolute Gasteiger partial charge is 0.307 e. The number of fused-ring (bicyclic) bond motifs is 1. The van der Waals surface area contributed by atoms with E-state index in [1.54, 1.807) is 54.6 Å². The highest BCUT2D eigenvalue weighted by Crippen LogP contribution is 2.42. The Labute approximate surface area is 201 Å². The zero-order valence-electron chi connectivity index (χ0n) is 18.8. The van der Waals surface area contributed by atoms with Crippen molar-refractivity contribution in [3.05, 3.63) is 101 Å². The van der Waals surface area contributed by atoms with Gasteiger partial charge in [0, 0.05) is 11.3 Å². The number of Topliss-reactive ketones (excluding diaryl/α,β-unsaturated/α-hetero) is 1. The molecule has 1 atom stereocenters. The topological polar surface area (TPSA) is 104 Å². The maximum absolute atomic E-state index is 13.3. The molecule has 176 valence electrons. The maximum Gasteiger partial charge on any atom is 0.307 e. The van der Waals surface area contributed by atoms with Crippen LogP contribution in [0.2, 0.25) is 0 Å². The van der Waals surface area contributed by atoms with Crippen molar-refractivity contribution in [3.8, 4) is 5.75 Å². The molecule has 1 fully saturated rings. The third kappa shape index (κ3) is 4.17. The molecule has 3 aromatic rings. The highest BCUT2D eigenvalue weighted by Gasteiger charge is 2.47. The molecule has 1 saturated heterocycles. The van der Waals surface area contributed by atoms with Gasteiger partial charge in [0.25, 0.3) is 11.7 Å². The van der Waals surface area contributed by atoms with Gasteiger partial charge in [-0.25, -0.2) is 0 Å². The fraction of sp³-hybridized carbons (Fsp3) is 0.179. The highest BCUT2D eigenvalue weighted by atomic mass is 16.5. The molecule has 0 aromatic heterocycles. The van der Waals surface area contributed by atoms with Gasteiger partial charge in [-0.05, 0) is 59.9 Å². The van der Waals surface area contributed by atoms with E-state index in [9.17, 15) is 19.5 Å². The third-order valence-corrected chi connectivity index (χ3v) is 6.31. The van der Waals surface area contributed by atoms with Crippen molar-refractivity contribution in [1.29, 1.82) is 0 Å². The largest absolute Gasteiger partial charge is 0.507 e. The summed E-state index contributed by atoms with van der Waals surface area (Å²) in [7, 11) is 0. The average molecular weight is 469 g/mol. The molecule has 7 nitrogen and oxygen atoms in total. The summed E-state index contributed by atoms with van der Waals surface area (Å²) < 4.78 is 5.66. The van der Waals surface area contributed by atoms with Crippen molar-refractivity contribution >= 4 is 29.1 Å². The average Bonchev–Trinajstić information content (AvgIpc) is 3.14. The Morgan fingerprint density at radius 1 is 0.971 bits per heavy atom. The number of ketones is 1. The molecular weight excluding hydrogens is 446 g/mol. The van der Waals surface area contributed by atoms with Crippen molar-refractivity contribution in [3.63, 3.8) is 0 Å². The predicted molar refractivity (Wildman–Crippen MR) is 129 cm³/mol. The van der Waals surface area contributed by atoms with E-state index in [4.69, 9.17) is 9.84 Å². The van der Waals surface area contributed by atoms with Gasteiger partial charge in [0.15, 0.2) is 0 Å². The van der Waals surface area contributed by atoms with Gasteiger partial charge < -0.3 is 14.9 Å². The van der Waals surface area contributed by atoms with Gasteiger partial charge in [-0.1, -0.05) is 42.5 Å². The predicted octanol–water partition coefficient (Wildman–Crippen LogP) is 4.27. The van der Waals surface area contributed by atoms with Gasteiger partial charge in [-0.3, -0.25) is 19.3 Å². The van der Waals surface area contributed by atoms with Crippen LogP contribution in [0.3, 0.4) is 0 Å². The molecule has 0 radical (unpaired) electrons. The lowest BCUT2D eigenvalue weighted by Gasteiger charge is -2.25. The Balaban J connectivity index is 1.62. The zero-order chi connectivity index (χ0) is 24.5. The van der Waals surface area contributed by atoms with Gasteiger partial charge in [-0.15, -0.1) is 0 Å². The zero-order valence-corrected chi connectivity index (χ0v) is 18.8. The van der Waals surface area contributed by atoms with Crippen molar-refractivity contribution < 1.29 is 29.3 Å². The van der Waals surface area contributed by atoms with Crippen molar-refractivity contribution in [2.45, 2.75) is 25.3 Å². The summed E-state index contributed by atoms with van der Waals surface area (Å²) in [4.78, 5) is 38.9. The number of aliphatic hydroxyl groups excluding tert-OH is 1. The number of anilines is 1. The van der Waals surface area contributed by atoms with Crippen LogP contribution >= 0.6 is 0 Å². The van der Waals surface area contributed by atoms with Crippen LogP contribution in [-0.2, 0) is 27.2 Å². The molecule has 0 saturated carbocycles. The van der Waals surface area contributed by atoms with Gasteiger partial charge in [0.2, 0.25) is 0 Å². The molecule has 0 spiro atoms. The Bertz CT molecular complexity index is 1340. The second-order valence-corrected chi connectivity index (χ2v) is 8.59. The highest BCUT2D eigenvalue weighted by molar-refractivity contribution is 6.51. The second kappa shape index (κ2) is 9.10. The molecular formula is C28H23NO6. The van der Waals surface area contributed by atoms with Crippen LogP contribution in [-0.4, -0.2) is 34.5 Å². The first-order chi connectivity index (χ1) is 16.9. The number of carboxylic acids is 1. The first-order valence-corrected chi connectivity index (χ1v) is 11.4. The van der Waals surface area contributed by atoms with Crippen molar-refractivity contribution in [2.24, 2.45) is 0 Å². The van der Waals surface area contributed by atoms with Gasteiger partial charge in [0.1, 0.15) is 11.5 Å². The number of carboxylic acid groups (broad SMARTS) is 1. The van der Waals surface area contributed by atoms with E-state index in [1.165, 1.54) is 4.90 Å². The van der Waals surface area contributed by atoms with Crippen LogP contribution in [0.4, 0.5) is 5.69 Å². The minimum atomic E-state index is -0.960. The number of aliphatic hydroxyl groups is 1. The lowest BCUT2D eigenvalue weighted by atomic mass is 9.94. The fourth-order valence-electron chi connectivity index (χ4n) is 4.66. The molecule has 2 aliphatic rings. The Hall–Kier alpha value is -4.39. The van der Waals surface area contributed by atoms with E-state index in [0.29, 0.717) is 29.0 Å². The maximum atomic E-state index is 13.3. The number of hydrogen-bond donors (Lipinski definition) is 2. The Morgan fingerprint density at radius 2 is 1.71 bits per heavy atom. The van der Waals surface area contributed by atoms with E-state index in [2.05, 4.69) is 0 Å². The molecule has 2 aliphatic heterocycles. The second-order valence-electron chi connectivity index (χ2n) is 8.59. The van der Waals surface area contributed by atoms with E-state index in [0.717, 1.165) is 24.2 Å². The van der Waals surface area contributed by atoms with Crippen LogP contribution in [0.5, 0.6) is 5.75 Å². The third-order valence-electron chi connectivity index (χ3n) is 6.31. The number of amides is 1. The number of rotatable bonds is 5. The molecule has 2 N–H and O–H groups in total. The van der Waals surface area contributed by atoms with Gasteiger partial charge >= 0.3 is 5.97 Å². The number of aliphatic carboxylic acids is 1. The molecule has 1 unspecified atom stereocenters. The molecule has 5 rings (SSSR count). The summed E-state index contributed by atoms with van der Waals surface area (Å²) in [6.07, 6.45) is 1.52. The number of ether oxygens (including phenoxy) is 1. The van der Waals surface area contributed by atoms with E-state index in [-0.39, 0.29) is 17.8 Å². The van der Waals surface area contributed by atoms with E-state index in [1.807, 2.05) is 18.2 Å². The fourth-order valence-corrected chi connectivity index (χ4v) is 4.66. The van der Waals surface area contributed by atoms with Crippen LogP contribution < -0.4 is 9.64 Å². The first kappa shape index (κ1) is 22.4. The minimum absolute atomic E-state index is 0.00694. The van der Waals surface area contributed by atoms with Gasteiger partial charge in [0.05, 0.1) is 24.6 Å². The molecule has 2 heterocycles. The SMILES string of the molecule is O=C(O)Cc1ccc(N2C(=O)C(=O)/C(=C(\O)c3ccc4c(c3)CCCO4)C2c2ccccc2)cc1. The van der Waals surface area contributed by atoms with Crippen LogP contribution in [0, 0.1) is 0 Å². The van der Waals surface area contributed by atoms with Crippen molar-refractivity contribution in [2.75, 3.05) is 11.5 Å². The number of benzene rings is 3. The summed E-state index contributed by atoms with van der Waals surface area (Å²) in [6.45, 7) is 0.642. The minimum Gasteiger partial charge on any atom is -0.507 e. The van der Waals surface area contributed by atoms with Crippen LogP contribution in [0.15, 0.2) is 78.4 Å². The van der Waals surface area contributed by atoms with E-state index >= 15 is 0 Å². The summed E-state index contributed by atoms with van der Waals surface area (Å²) in [5.74, 6) is -1.98. The monoisotopic (exact) mass is 469 g/mol. The Kier molecular flexibility index (Phi) is 5.82. The summed E-state index contributed by atoms with van der Waals surface area (Å²) in [5.41, 5.74) is 3.08. The number of nitrogens with zero attached hydrogens (tertiary/aromatic N) is 1. The van der Waals surface area contributed by atoms with Gasteiger partial charge in [-0.2, -0.15) is 0 Å². The van der Waals surface area contributed by atoms with Crippen molar-refractivity contribution in [1.82, 2.24) is 0 Å². The summed E-state index contributed by atoms with van der Waals surface area (Å²) in [5, 5.41) is 20.4. The number of aryl methyl sites for hydroxylation is 1. The normalized spacial score (nSPS) is 18.7.